The molecule has 0 aliphatic heterocycles. The van der Waals surface area contributed by atoms with Crippen LogP contribution in [0.3, 0.4) is 0 Å². The number of carbonyl (C=O) groups is 1. The van der Waals surface area contributed by atoms with Gasteiger partial charge < -0.3 is 13.9 Å². The second-order valence-electron chi connectivity index (χ2n) is 8.35. The highest BCUT2D eigenvalue weighted by atomic mass is 35.5. The van der Waals surface area contributed by atoms with Gasteiger partial charge in [0.15, 0.2) is 0 Å². The molecule has 5 aromatic rings. The molecule has 0 atom stereocenters. The predicted molar refractivity (Wildman–Crippen MR) is 150 cm³/mol. The Labute approximate surface area is 228 Å². The third kappa shape index (κ3) is 5.97. The Kier molecular flexibility index (Phi) is 7.59. The molecule has 0 aliphatic carbocycles. The zero-order chi connectivity index (χ0) is 26.5. The first-order chi connectivity index (χ1) is 18.5. The maximum atomic E-state index is 13.0. The summed E-state index contributed by atoms with van der Waals surface area (Å²) >= 11 is 12.1. The number of benzene rings is 4. The lowest BCUT2D eigenvalue weighted by molar-refractivity contribution is -0.128. The first-order valence-corrected chi connectivity index (χ1v) is 12.4. The van der Waals surface area contributed by atoms with Gasteiger partial charge in [-0.05, 0) is 59.7 Å². The van der Waals surface area contributed by atoms with Gasteiger partial charge in [-0.2, -0.15) is 0 Å². The zero-order valence-electron chi connectivity index (χ0n) is 19.9. The van der Waals surface area contributed by atoms with Gasteiger partial charge >= 0.3 is 5.97 Å². The summed E-state index contributed by atoms with van der Waals surface area (Å²) < 4.78 is 16.8. The second-order valence-corrected chi connectivity index (χ2v) is 9.20. The van der Waals surface area contributed by atoms with E-state index in [1.54, 1.807) is 42.5 Å². The van der Waals surface area contributed by atoms with E-state index in [1.165, 1.54) is 18.4 Å². The summed E-state index contributed by atoms with van der Waals surface area (Å²) in [5.41, 5.74) is 2.84. The van der Waals surface area contributed by atoms with Crippen LogP contribution in [0.25, 0.3) is 28.2 Å². The predicted octanol–water partition coefficient (Wildman–Crippen LogP) is 7.96. The molecule has 38 heavy (non-hydrogen) atoms. The molecule has 1 aromatic heterocycles. The van der Waals surface area contributed by atoms with Crippen LogP contribution in [0.2, 0.25) is 10.0 Å². The van der Waals surface area contributed by atoms with Gasteiger partial charge in [0, 0.05) is 27.8 Å². The molecule has 7 heteroatoms. The molecule has 1 heterocycles. The Morgan fingerprint density at radius 3 is 2.34 bits per heavy atom. The number of carbonyl (C=O) groups excluding carboxylic acids is 1. The SMILES string of the molecule is O=C(C=Cc1ccc(OCc2ccc(Cl)cc2)cc1)Oc1ccc2c(=O)c(-c3ccccc3Cl)coc2c1. The molecule has 0 spiro atoms. The van der Waals surface area contributed by atoms with Gasteiger partial charge in [-0.15, -0.1) is 0 Å². The van der Waals surface area contributed by atoms with Gasteiger partial charge in [0.25, 0.3) is 0 Å². The van der Waals surface area contributed by atoms with Crippen LogP contribution in [0.5, 0.6) is 11.5 Å². The van der Waals surface area contributed by atoms with Crippen LogP contribution in [0.4, 0.5) is 0 Å². The minimum absolute atomic E-state index is 0.224. The third-order valence-electron chi connectivity index (χ3n) is 5.74. The lowest BCUT2D eigenvalue weighted by Crippen LogP contribution is -2.06. The summed E-state index contributed by atoms with van der Waals surface area (Å²) in [7, 11) is 0. The van der Waals surface area contributed by atoms with Gasteiger partial charge in [-0.25, -0.2) is 4.79 Å². The lowest BCUT2D eigenvalue weighted by Gasteiger charge is -2.07. The highest BCUT2D eigenvalue weighted by molar-refractivity contribution is 6.33. The maximum absolute atomic E-state index is 13.0. The Bertz CT molecular complexity index is 1690. The molecular formula is C31H20Cl2O5. The van der Waals surface area contributed by atoms with Crippen LogP contribution in [-0.4, -0.2) is 5.97 Å². The van der Waals surface area contributed by atoms with Crippen molar-refractivity contribution in [2.45, 2.75) is 6.61 Å². The average molecular weight is 543 g/mol. The van der Waals surface area contributed by atoms with Crippen molar-refractivity contribution in [3.8, 4) is 22.6 Å². The van der Waals surface area contributed by atoms with Crippen LogP contribution in [0.1, 0.15) is 11.1 Å². The summed E-state index contributed by atoms with van der Waals surface area (Å²) in [4.78, 5) is 25.3. The molecule has 0 saturated carbocycles. The highest BCUT2D eigenvalue weighted by Gasteiger charge is 2.13. The van der Waals surface area contributed by atoms with E-state index in [0.717, 1.165) is 11.1 Å². The van der Waals surface area contributed by atoms with Crippen molar-refractivity contribution in [3.05, 3.63) is 135 Å². The van der Waals surface area contributed by atoms with Crippen molar-refractivity contribution in [1.29, 1.82) is 0 Å². The number of hydrogen-bond donors (Lipinski definition) is 0. The summed E-state index contributed by atoms with van der Waals surface area (Å²) in [5.74, 6) is 0.393. The normalized spacial score (nSPS) is 11.1. The van der Waals surface area contributed by atoms with E-state index >= 15 is 0 Å². The lowest BCUT2D eigenvalue weighted by atomic mass is 10.1. The Morgan fingerprint density at radius 1 is 0.842 bits per heavy atom. The molecule has 5 rings (SSSR count). The summed E-state index contributed by atoms with van der Waals surface area (Å²) in [6.45, 7) is 0.422. The highest BCUT2D eigenvalue weighted by Crippen LogP contribution is 2.28. The van der Waals surface area contributed by atoms with E-state index in [1.807, 2.05) is 48.5 Å². The molecule has 4 aromatic carbocycles. The number of rotatable bonds is 7. The van der Waals surface area contributed by atoms with Crippen LogP contribution in [0, 0.1) is 0 Å². The summed E-state index contributed by atoms with van der Waals surface area (Å²) in [6, 6.07) is 26.4. The van der Waals surface area contributed by atoms with E-state index in [9.17, 15) is 9.59 Å². The fourth-order valence-electron chi connectivity index (χ4n) is 3.77. The van der Waals surface area contributed by atoms with E-state index in [4.69, 9.17) is 37.1 Å². The van der Waals surface area contributed by atoms with Crippen LogP contribution >= 0.6 is 23.2 Å². The number of halogens is 2. The monoisotopic (exact) mass is 542 g/mol. The average Bonchev–Trinajstić information content (AvgIpc) is 2.93. The van der Waals surface area contributed by atoms with E-state index < -0.39 is 5.97 Å². The van der Waals surface area contributed by atoms with Gasteiger partial charge in [0.1, 0.15) is 30.0 Å². The second kappa shape index (κ2) is 11.4. The Morgan fingerprint density at radius 2 is 1.58 bits per heavy atom. The van der Waals surface area contributed by atoms with Gasteiger partial charge in [0.2, 0.25) is 5.43 Å². The fraction of sp³-hybridized carbons (Fsp3) is 0.0323. The smallest absolute Gasteiger partial charge is 0.336 e. The van der Waals surface area contributed by atoms with E-state index in [-0.39, 0.29) is 11.2 Å². The topological polar surface area (TPSA) is 65.7 Å². The third-order valence-corrected chi connectivity index (χ3v) is 6.32. The maximum Gasteiger partial charge on any atom is 0.336 e. The van der Waals surface area contributed by atoms with Crippen molar-refractivity contribution in [3.63, 3.8) is 0 Å². The minimum Gasteiger partial charge on any atom is -0.489 e. The number of hydrogen-bond acceptors (Lipinski definition) is 5. The van der Waals surface area contributed by atoms with Crippen LogP contribution < -0.4 is 14.9 Å². The van der Waals surface area contributed by atoms with Crippen molar-refractivity contribution in [2.75, 3.05) is 0 Å². The molecule has 0 amide bonds. The van der Waals surface area contributed by atoms with E-state index in [2.05, 4.69) is 0 Å². The molecule has 0 N–H and O–H groups in total. The summed E-state index contributed by atoms with van der Waals surface area (Å²) in [5, 5.41) is 1.49. The molecule has 0 fully saturated rings. The number of esters is 1. The van der Waals surface area contributed by atoms with Gasteiger partial charge in [-0.3, -0.25) is 4.79 Å². The Hall–Kier alpha value is -4.32. The molecule has 0 radical (unpaired) electrons. The molecule has 0 aliphatic rings. The van der Waals surface area contributed by atoms with E-state index in [0.29, 0.717) is 44.5 Å². The van der Waals surface area contributed by atoms with Crippen molar-refractivity contribution < 1.29 is 18.7 Å². The molecule has 188 valence electrons. The first kappa shape index (κ1) is 25.3. The molecular weight excluding hydrogens is 523 g/mol. The van der Waals surface area contributed by atoms with Crippen molar-refractivity contribution in [1.82, 2.24) is 0 Å². The van der Waals surface area contributed by atoms with Gasteiger partial charge in [0.05, 0.1) is 10.9 Å². The number of ether oxygens (including phenoxy) is 2. The van der Waals surface area contributed by atoms with Gasteiger partial charge in [-0.1, -0.05) is 65.7 Å². The molecule has 5 nitrogen and oxygen atoms in total. The van der Waals surface area contributed by atoms with Crippen molar-refractivity contribution >= 4 is 46.2 Å². The molecule has 0 unspecified atom stereocenters. The minimum atomic E-state index is -0.567. The first-order valence-electron chi connectivity index (χ1n) is 11.6. The molecule has 0 saturated heterocycles. The van der Waals surface area contributed by atoms with Crippen LogP contribution in [-0.2, 0) is 11.4 Å². The Balaban J connectivity index is 1.22. The van der Waals surface area contributed by atoms with Crippen LogP contribution in [0.15, 0.2) is 113 Å². The quantitative estimate of drug-likeness (QED) is 0.118. The van der Waals surface area contributed by atoms with Crippen molar-refractivity contribution in [2.24, 2.45) is 0 Å². The largest absolute Gasteiger partial charge is 0.489 e. The summed E-state index contributed by atoms with van der Waals surface area (Å²) in [6.07, 6.45) is 4.33. The molecule has 0 bridgehead atoms. The standard InChI is InChI=1S/C31H20Cl2O5/c32-22-10-5-21(6-11-22)18-36-23-12-7-20(8-13-23)9-16-30(34)38-24-14-15-26-29(17-24)37-19-27(31(26)35)25-3-1-2-4-28(25)33/h1-17,19H,18H2. The fourth-order valence-corrected chi connectivity index (χ4v) is 4.14. The zero-order valence-corrected chi connectivity index (χ0v) is 21.4. The number of fused-ring (bicyclic) bond motifs is 1.